The molecule has 5 heteroatoms. The van der Waals surface area contributed by atoms with Crippen molar-refractivity contribution in [3.63, 3.8) is 0 Å². The molecule has 6 aromatic rings. The predicted molar refractivity (Wildman–Crippen MR) is 153 cm³/mol. The third kappa shape index (κ3) is 2.69. The Bertz CT molecular complexity index is 1970. The first-order valence-corrected chi connectivity index (χ1v) is 13.3. The van der Waals surface area contributed by atoms with Crippen LogP contribution in [0.2, 0.25) is 0 Å². The molecule has 8 rings (SSSR count). The van der Waals surface area contributed by atoms with Gasteiger partial charge in [-0.05, 0) is 53.4 Å². The number of H-pyrrole nitrogens is 2. The Morgan fingerprint density at radius 3 is 2.54 bits per heavy atom. The molecule has 1 aliphatic carbocycles. The summed E-state index contributed by atoms with van der Waals surface area (Å²) in [7, 11) is 1.86. The predicted octanol–water partition coefficient (Wildman–Crippen LogP) is 7.29. The number of fused-ring (bicyclic) bond motifs is 7. The van der Waals surface area contributed by atoms with Crippen molar-refractivity contribution in [2.45, 2.75) is 24.2 Å². The molecule has 0 saturated carbocycles. The first-order valence-electron chi connectivity index (χ1n) is 13.3. The second-order valence-electron chi connectivity index (χ2n) is 10.9. The maximum absolute atomic E-state index is 14.9. The number of rotatable bonds is 2. The Morgan fingerprint density at radius 2 is 1.67 bits per heavy atom. The molecule has 4 aromatic carbocycles. The topological polar surface area (TPSA) is 51.9 Å². The summed E-state index contributed by atoms with van der Waals surface area (Å²) < 4.78 is 14.9. The number of carbonyl (C=O) groups is 1. The van der Waals surface area contributed by atoms with E-state index in [4.69, 9.17) is 0 Å². The highest BCUT2D eigenvalue weighted by molar-refractivity contribution is 6.14. The quantitative estimate of drug-likeness (QED) is 0.252. The first-order chi connectivity index (χ1) is 19.0. The third-order valence-electron chi connectivity index (χ3n) is 9.07. The maximum atomic E-state index is 14.9. The molecule has 0 bridgehead atoms. The minimum atomic E-state index is -1.03. The fourth-order valence-electron chi connectivity index (χ4n) is 7.58. The van der Waals surface area contributed by atoms with Crippen LogP contribution in [0.3, 0.4) is 0 Å². The number of hydrogen-bond donors (Lipinski definition) is 2. The average molecular weight is 512 g/mol. The van der Waals surface area contributed by atoms with Crippen molar-refractivity contribution in [1.82, 2.24) is 9.97 Å². The number of halogens is 1. The maximum Gasteiger partial charge on any atom is 0.242 e. The number of benzene rings is 4. The second kappa shape index (κ2) is 7.70. The standard InChI is InChI=1S/C34H26FN3O/c1-19-18-36-31-22(19)12-8-13-24(31)28-29(20-9-7-10-21(35)17-20)34(25-14-4-6-16-27(25)38(2)33(34)39)30-23-11-3-5-15-26(23)37-32(28)30/h3-18,28-29,36-37H,1-2H3/t28-,29-,34+/m0/s1. The molecule has 39 heavy (non-hydrogen) atoms. The number of aryl methyl sites for hydroxylation is 1. The van der Waals surface area contributed by atoms with E-state index in [0.29, 0.717) is 0 Å². The minimum absolute atomic E-state index is 0.0151. The van der Waals surface area contributed by atoms with E-state index in [1.165, 1.54) is 11.6 Å². The van der Waals surface area contributed by atoms with Crippen LogP contribution in [0.5, 0.6) is 0 Å². The van der Waals surface area contributed by atoms with Crippen LogP contribution in [0.15, 0.2) is 97.2 Å². The summed E-state index contributed by atoms with van der Waals surface area (Å²) in [5, 5.41) is 2.18. The van der Waals surface area contributed by atoms with E-state index in [0.717, 1.165) is 55.4 Å². The highest BCUT2D eigenvalue weighted by Gasteiger charge is 2.65. The van der Waals surface area contributed by atoms with Gasteiger partial charge in [-0.1, -0.05) is 66.7 Å². The van der Waals surface area contributed by atoms with Gasteiger partial charge in [0.25, 0.3) is 0 Å². The Hall–Kier alpha value is -4.64. The zero-order valence-electron chi connectivity index (χ0n) is 21.6. The molecule has 3 heterocycles. The molecule has 1 amide bonds. The average Bonchev–Trinajstić information content (AvgIpc) is 3.66. The van der Waals surface area contributed by atoms with Crippen LogP contribution in [0.25, 0.3) is 21.8 Å². The molecule has 0 unspecified atom stereocenters. The van der Waals surface area contributed by atoms with Gasteiger partial charge in [-0.25, -0.2) is 4.39 Å². The number of carbonyl (C=O) groups excluding carboxylic acids is 1. The van der Waals surface area contributed by atoms with Crippen LogP contribution in [0, 0.1) is 12.7 Å². The van der Waals surface area contributed by atoms with Crippen LogP contribution < -0.4 is 4.90 Å². The Labute approximate surface area is 225 Å². The van der Waals surface area contributed by atoms with E-state index in [1.807, 2.05) is 49.6 Å². The van der Waals surface area contributed by atoms with Gasteiger partial charge in [-0.15, -0.1) is 0 Å². The van der Waals surface area contributed by atoms with E-state index < -0.39 is 5.41 Å². The van der Waals surface area contributed by atoms with Gasteiger partial charge in [0.2, 0.25) is 5.91 Å². The fourth-order valence-corrected chi connectivity index (χ4v) is 7.58. The van der Waals surface area contributed by atoms with Crippen molar-refractivity contribution in [3.8, 4) is 0 Å². The monoisotopic (exact) mass is 511 g/mol. The molecule has 3 atom stereocenters. The fraction of sp³-hybridized carbons (Fsp3) is 0.147. The van der Waals surface area contributed by atoms with Gasteiger partial charge >= 0.3 is 0 Å². The van der Waals surface area contributed by atoms with Gasteiger partial charge in [-0.3, -0.25) is 4.79 Å². The number of aromatic amines is 2. The van der Waals surface area contributed by atoms with Crippen molar-refractivity contribution in [2.24, 2.45) is 0 Å². The van der Waals surface area contributed by atoms with Gasteiger partial charge in [0.1, 0.15) is 11.2 Å². The molecular weight excluding hydrogens is 485 g/mol. The summed E-state index contributed by atoms with van der Waals surface area (Å²) in [4.78, 5) is 23.9. The molecule has 0 fully saturated rings. The van der Waals surface area contributed by atoms with Crippen LogP contribution in [-0.2, 0) is 10.2 Å². The smallest absolute Gasteiger partial charge is 0.242 e. The summed E-state index contributed by atoms with van der Waals surface area (Å²) in [6.45, 7) is 2.10. The van der Waals surface area contributed by atoms with Crippen LogP contribution in [0.4, 0.5) is 10.1 Å². The van der Waals surface area contributed by atoms with E-state index in [1.54, 1.807) is 17.0 Å². The van der Waals surface area contributed by atoms with Crippen LogP contribution in [-0.4, -0.2) is 22.9 Å². The van der Waals surface area contributed by atoms with Crippen LogP contribution >= 0.6 is 0 Å². The number of amides is 1. The molecular formula is C34H26FN3O. The summed E-state index contributed by atoms with van der Waals surface area (Å²) >= 11 is 0. The lowest BCUT2D eigenvalue weighted by Gasteiger charge is -2.35. The lowest BCUT2D eigenvalue weighted by atomic mass is 9.64. The molecule has 0 saturated heterocycles. The third-order valence-corrected chi connectivity index (χ3v) is 9.07. The molecule has 1 aliphatic heterocycles. The second-order valence-corrected chi connectivity index (χ2v) is 10.9. The number of anilines is 1. The SMILES string of the molecule is Cc1c[nH]c2c([C@@H]3c4[nH]c5ccccc5c4[C@]4(C(=O)N(C)c5ccccc54)[C@H]3c3cccc(F)c3)cccc12. The lowest BCUT2D eigenvalue weighted by molar-refractivity contribution is -0.122. The zero-order valence-corrected chi connectivity index (χ0v) is 21.6. The highest BCUT2D eigenvalue weighted by atomic mass is 19.1. The Balaban J connectivity index is 1.57. The minimum Gasteiger partial charge on any atom is -0.361 e. The van der Waals surface area contributed by atoms with Crippen LogP contribution in [0.1, 0.15) is 45.3 Å². The molecule has 0 radical (unpaired) electrons. The van der Waals surface area contributed by atoms with E-state index in [9.17, 15) is 9.18 Å². The number of nitrogens with zero attached hydrogens (tertiary/aromatic N) is 1. The normalized spacial score (nSPS) is 21.8. The van der Waals surface area contributed by atoms with Gasteiger partial charge in [0.15, 0.2) is 0 Å². The summed E-state index contributed by atoms with van der Waals surface area (Å²) in [5.74, 6) is -0.879. The van der Waals surface area contributed by atoms with E-state index >= 15 is 0 Å². The summed E-state index contributed by atoms with van der Waals surface area (Å²) in [5.41, 5.74) is 7.98. The lowest BCUT2D eigenvalue weighted by Crippen LogP contribution is -2.43. The molecule has 2 N–H and O–H groups in total. The summed E-state index contributed by atoms with van der Waals surface area (Å²) in [6, 6.07) is 29.5. The number of hydrogen-bond acceptors (Lipinski definition) is 1. The number of nitrogens with one attached hydrogen (secondary N) is 2. The highest BCUT2D eigenvalue weighted by Crippen LogP contribution is 2.66. The first kappa shape index (κ1) is 22.4. The number of para-hydroxylation sites is 3. The van der Waals surface area contributed by atoms with Crippen molar-refractivity contribution in [2.75, 3.05) is 11.9 Å². The van der Waals surface area contributed by atoms with Gasteiger partial charge in [0, 0.05) is 63.8 Å². The van der Waals surface area contributed by atoms with E-state index in [-0.39, 0.29) is 23.6 Å². The van der Waals surface area contributed by atoms with Crippen molar-refractivity contribution in [3.05, 3.63) is 137 Å². The molecule has 2 aromatic heterocycles. The molecule has 4 nitrogen and oxygen atoms in total. The molecule has 190 valence electrons. The van der Waals surface area contributed by atoms with Crippen molar-refractivity contribution >= 4 is 33.4 Å². The van der Waals surface area contributed by atoms with E-state index in [2.05, 4.69) is 53.3 Å². The van der Waals surface area contributed by atoms with Gasteiger partial charge in [-0.2, -0.15) is 0 Å². The molecule has 2 aliphatic rings. The van der Waals surface area contributed by atoms with Crippen molar-refractivity contribution in [1.29, 1.82) is 0 Å². The zero-order chi connectivity index (χ0) is 26.5. The Morgan fingerprint density at radius 1 is 0.897 bits per heavy atom. The van der Waals surface area contributed by atoms with Crippen molar-refractivity contribution < 1.29 is 9.18 Å². The summed E-state index contributed by atoms with van der Waals surface area (Å²) in [6.07, 6.45) is 2.03. The van der Waals surface area contributed by atoms with Gasteiger partial charge in [0.05, 0.1) is 0 Å². The largest absolute Gasteiger partial charge is 0.361 e. The van der Waals surface area contributed by atoms with Gasteiger partial charge < -0.3 is 14.9 Å². The number of likely N-dealkylation sites (N-methyl/N-ethyl adjacent to an activating group) is 1. The molecule has 1 spiro atoms. The number of aromatic nitrogens is 2. The Kier molecular flexibility index (Phi) is 4.41.